The van der Waals surface area contributed by atoms with E-state index in [2.05, 4.69) is 165 Å². The van der Waals surface area contributed by atoms with Crippen molar-refractivity contribution in [1.29, 1.82) is 0 Å². The minimum atomic E-state index is -0.396. The normalized spacial score (nSPS) is 15.0. The second-order valence-electron chi connectivity index (χ2n) is 11.8. The fourth-order valence-electron chi connectivity index (χ4n) is 7.49. The van der Waals surface area contributed by atoms with Crippen LogP contribution in [-0.4, -0.2) is 0 Å². The highest BCUT2D eigenvalue weighted by atomic mass is 14.9. The number of rotatable bonds is 4. The summed E-state index contributed by atoms with van der Waals surface area (Å²) in [5, 5.41) is 3.79. The summed E-state index contributed by atoms with van der Waals surface area (Å²) < 4.78 is 0. The van der Waals surface area contributed by atoms with Crippen molar-refractivity contribution < 1.29 is 0 Å². The molecule has 0 aliphatic heterocycles. The van der Waals surface area contributed by atoms with Crippen molar-refractivity contribution in [2.75, 3.05) is 5.32 Å². The second kappa shape index (κ2) is 8.81. The molecule has 41 heavy (non-hydrogen) atoms. The topological polar surface area (TPSA) is 12.0 Å². The summed E-state index contributed by atoms with van der Waals surface area (Å²) in [6.45, 7) is 4.66. The number of nitrogens with one attached hydrogen (secondary N) is 1. The average molecular weight is 526 g/mol. The first-order valence-electron chi connectivity index (χ1n) is 14.5. The fraction of sp³-hybridized carbons (Fsp3) is 0.100. The zero-order valence-electron chi connectivity index (χ0n) is 23.4. The van der Waals surface area contributed by atoms with Crippen molar-refractivity contribution in [3.63, 3.8) is 0 Å². The Morgan fingerprint density at radius 2 is 0.878 bits per heavy atom. The largest absolute Gasteiger partial charge is 0.355 e. The van der Waals surface area contributed by atoms with Gasteiger partial charge < -0.3 is 5.32 Å². The van der Waals surface area contributed by atoms with Gasteiger partial charge in [0.15, 0.2) is 0 Å². The smallest absolute Gasteiger partial charge is 0.0714 e. The van der Waals surface area contributed by atoms with E-state index in [1.54, 1.807) is 0 Å². The van der Waals surface area contributed by atoms with E-state index in [9.17, 15) is 0 Å². The maximum absolute atomic E-state index is 3.79. The Labute approximate surface area is 242 Å². The molecule has 1 heteroatoms. The molecule has 0 heterocycles. The van der Waals surface area contributed by atoms with E-state index in [1.165, 1.54) is 55.6 Å². The zero-order chi connectivity index (χ0) is 27.6. The third kappa shape index (κ3) is 3.36. The van der Waals surface area contributed by atoms with Crippen LogP contribution in [0.25, 0.3) is 22.3 Å². The highest BCUT2D eigenvalue weighted by Gasteiger charge is 2.46. The van der Waals surface area contributed by atoms with Gasteiger partial charge in [-0.2, -0.15) is 0 Å². The van der Waals surface area contributed by atoms with Gasteiger partial charge in [-0.3, -0.25) is 0 Å². The van der Waals surface area contributed by atoms with Gasteiger partial charge in [0.05, 0.1) is 5.41 Å². The molecular weight excluding hydrogens is 494 g/mol. The number of hydrogen-bond acceptors (Lipinski definition) is 1. The summed E-state index contributed by atoms with van der Waals surface area (Å²) in [7, 11) is 0. The molecule has 0 amide bonds. The molecule has 0 saturated carbocycles. The first kappa shape index (κ1) is 24.0. The third-order valence-corrected chi connectivity index (χ3v) is 9.33. The number of fused-ring (bicyclic) bond motifs is 6. The molecule has 0 atom stereocenters. The summed E-state index contributed by atoms with van der Waals surface area (Å²) in [5.41, 5.74) is 15.1. The van der Waals surface area contributed by atoms with E-state index in [0.29, 0.717) is 0 Å². The van der Waals surface area contributed by atoms with Crippen LogP contribution >= 0.6 is 0 Å². The minimum Gasteiger partial charge on any atom is -0.355 e. The van der Waals surface area contributed by atoms with Crippen LogP contribution in [0.5, 0.6) is 0 Å². The quantitative estimate of drug-likeness (QED) is 0.241. The van der Waals surface area contributed by atoms with Gasteiger partial charge in [0.2, 0.25) is 0 Å². The molecule has 6 aromatic rings. The second-order valence-corrected chi connectivity index (χ2v) is 11.8. The Morgan fingerprint density at radius 1 is 0.390 bits per heavy atom. The predicted molar refractivity (Wildman–Crippen MR) is 171 cm³/mol. The molecular formula is C40H31N. The lowest BCUT2D eigenvalue weighted by Gasteiger charge is -2.34. The Hall–Kier alpha value is -4.88. The first-order valence-corrected chi connectivity index (χ1v) is 14.5. The van der Waals surface area contributed by atoms with Crippen LogP contribution in [0.3, 0.4) is 0 Å². The molecule has 1 N–H and O–H groups in total. The third-order valence-electron chi connectivity index (χ3n) is 9.33. The highest BCUT2D eigenvalue weighted by molar-refractivity contribution is 5.88. The van der Waals surface area contributed by atoms with Crippen LogP contribution in [0.15, 0.2) is 146 Å². The van der Waals surface area contributed by atoms with E-state index >= 15 is 0 Å². The Kier molecular flexibility index (Phi) is 5.15. The van der Waals surface area contributed by atoms with Gasteiger partial charge in [0.25, 0.3) is 0 Å². The lowest BCUT2D eigenvalue weighted by molar-refractivity contribution is 0.660. The lowest BCUT2D eigenvalue weighted by Crippen LogP contribution is -2.28. The maximum atomic E-state index is 3.79. The summed E-state index contributed by atoms with van der Waals surface area (Å²) in [6.07, 6.45) is 0. The van der Waals surface area contributed by atoms with Gasteiger partial charge in [0.1, 0.15) is 0 Å². The van der Waals surface area contributed by atoms with Crippen molar-refractivity contribution in [3.8, 4) is 22.3 Å². The lowest BCUT2D eigenvalue weighted by atomic mass is 9.67. The number of hydrogen-bond donors (Lipinski definition) is 1. The van der Waals surface area contributed by atoms with Crippen LogP contribution in [-0.2, 0) is 10.8 Å². The SMILES string of the molecule is CC1(C)c2ccccc2-c2cc(Nc3ccc4c(c3)C(c3ccccc3)(c3ccccc3)c3ccccc3-4)ccc21. The van der Waals surface area contributed by atoms with Crippen molar-refractivity contribution in [2.45, 2.75) is 24.7 Å². The molecule has 1 nitrogen and oxygen atoms in total. The molecule has 0 saturated heterocycles. The van der Waals surface area contributed by atoms with Gasteiger partial charge in [-0.05, 0) is 79.9 Å². The van der Waals surface area contributed by atoms with Crippen LogP contribution < -0.4 is 5.32 Å². The molecule has 0 bridgehead atoms. The van der Waals surface area contributed by atoms with Crippen LogP contribution in [0, 0.1) is 0 Å². The highest BCUT2D eigenvalue weighted by Crippen LogP contribution is 2.56. The molecule has 2 aliphatic rings. The monoisotopic (exact) mass is 525 g/mol. The van der Waals surface area contributed by atoms with E-state index in [-0.39, 0.29) is 5.41 Å². The average Bonchev–Trinajstić information content (AvgIpc) is 3.44. The van der Waals surface area contributed by atoms with Gasteiger partial charge >= 0.3 is 0 Å². The predicted octanol–water partition coefficient (Wildman–Crippen LogP) is 10.1. The molecule has 6 aromatic carbocycles. The Bertz CT molecular complexity index is 1890. The Morgan fingerprint density at radius 3 is 1.56 bits per heavy atom. The van der Waals surface area contributed by atoms with Gasteiger partial charge in [-0.25, -0.2) is 0 Å². The summed E-state index contributed by atoms with van der Waals surface area (Å²) in [4.78, 5) is 0. The summed E-state index contributed by atoms with van der Waals surface area (Å²) >= 11 is 0. The molecule has 0 fully saturated rings. The number of anilines is 2. The van der Waals surface area contributed by atoms with Crippen LogP contribution in [0.2, 0.25) is 0 Å². The van der Waals surface area contributed by atoms with Crippen LogP contribution in [0.4, 0.5) is 11.4 Å². The Balaban J connectivity index is 1.30. The molecule has 8 rings (SSSR count). The number of benzene rings is 6. The summed E-state index contributed by atoms with van der Waals surface area (Å²) in [6, 6.07) is 53.5. The minimum absolute atomic E-state index is 0.00870. The van der Waals surface area contributed by atoms with Crippen molar-refractivity contribution >= 4 is 11.4 Å². The molecule has 0 unspecified atom stereocenters. The van der Waals surface area contributed by atoms with E-state index < -0.39 is 5.41 Å². The fourth-order valence-corrected chi connectivity index (χ4v) is 7.49. The van der Waals surface area contributed by atoms with E-state index in [0.717, 1.165) is 11.4 Å². The van der Waals surface area contributed by atoms with Gasteiger partial charge in [-0.1, -0.05) is 135 Å². The van der Waals surface area contributed by atoms with Crippen molar-refractivity contribution in [1.82, 2.24) is 0 Å². The zero-order valence-corrected chi connectivity index (χ0v) is 23.4. The maximum Gasteiger partial charge on any atom is 0.0714 e. The molecule has 0 radical (unpaired) electrons. The molecule has 2 aliphatic carbocycles. The van der Waals surface area contributed by atoms with E-state index in [4.69, 9.17) is 0 Å². The first-order chi connectivity index (χ1) is 20.1. The standard InChI is InChI=1S/C40H31N/c1-39(2)35-19-11-9-18-32(35)34-25-29(22-24-36(34)39)41-30-21-23-33-31-17-10-12-20-37(31)40(38(33)26-30,27-13-5-3-6-14-27)28-15-7-4-8-16-28/h3-26,41H,1-2H3. The van der Waals surface area contributed by atoms with Crippen molar-refractivity contribution in [3.05, 3.63) is 179 Å². The van der Waals surface area contributed by atoms with Gasteiger partial charge in [0, 0.05) is 16.8 Å². The molecule has 0 aromatic heterocycles. The summed E-state index contributed by atoms with van der Waals surface area (Å²) in [5.74, 6) is 0. The van der Waals surface area contributed by atoms with Gasteiger partial charge in [-0.15, -0.1) is 0 Å². The molecule has 196 valence electrons. The van der Waals surface area contributed by atoms with Crippen molar-refractivity contribution in [2.24, 2.45) is 0 Å². The van der Waals surface area contributed by atoms with Crippen LogP contribution in [0.1, 0.15) is 47.2 Å². The van der Waals surface area contributed by atoms with E-state index in [1.807, 2.05) is 0 Å². The molecule has 0 spiro atoms.